The van der Waals surface area contributed by atoms with E-state index in [1.807, 2.05) is 0 Å². The van der Waals surface area contributed by atoms with Crippen molar-refractivity contribution in [1.82, 2.24) is 4.98 Å². The van der Waals surface area contributed by atoms with E-state index < -0.39 is 5.91 Å². The van der Waals surface area contributed by atoms with Crippen LogP contribution >= 0.6 is 46.4 Å². The molecule has 1 heterocycles. The fraction of sp³-hybridized carbons (Fsp3) is 0. The first-order valence-corrected chi connectivity index (χ1v) is 6.76. The summed E-state index contributed by atoms with van der Waals surface area (Å²) < 4.78 is 0. The molecule has 104 valence electrons. The number of carbonyl (C=O) groups is 1. The first-order chi connectivity index (χ1) is 9.38. The van der Waals surface area contributed by atoms with E-state index >= 15 is 0 Å². The molecule has 0 fully saturated rings. The van der Waals surface area contributed by atoms with Gasteiger partial charge < -0.3 is 11.1 Å². The lowest BCUT2D eigenvalue weighted by atomic mass is 10.2. The van der Waals surface area contributed by atoms with Crippen molar-refractivity contribution >= 4 is 63.7 Å². The lowest BCUT2D eigenvalue weighted by Crippen LogP contribution is -2.14. The van der Waals surface area contributed by atoms with Gasteiger partial charge in [0.05, 0.1) is 33.2 Å². The smallest absolute Gasteiger partial charge is 0.258 e. The lowest BCUT2D eigenvalue weighted by Gasteiger charge is -2.10. The maximum Gasteiger partial charge on any atom is 0.258 e. The molecule has 1 amide bonds. The zero-order valence-electron chi connectivity index (χ0n) is 9.75. The van der Waals surface area contributed by atoms with Crippen LogP contribution in [0.1, 0.15) is 10.4 Å². The average molecular weight is 351 g/mol. The topological polar surface area (TPSA) is 68.0 Å². The Morgan fingerprint density at radius 3 is 2.30 bits per heavy atom. The zero-order chi connectivity index (χ0) is 14.9. The number of nitrogens with zero attached hydrogens (tertiary/aromatic N) is 1. The molecule has 0 aliphatic heterocycles. The van der Waals surface area contributed by atoms with Gasteiger partial charge in [-0.05, 0) is 18.2 Å². The molecule has 8 heteroatoms. The van der Waals surface area contributed by atoms with Crippen LogP contribution in [0.3, 0.4) is 0 Å². The summed E-state index contributed by atoms with van der Waals surface area (Å²) in [6.45, 7) is 0. The minimum atomic E-state index is -0.527. The van der Waals surface area contributed by atoms with E-state index in [2.05, 4.69) is 10.3 Å². The number of hydrogen-bond donors (Lipinski definition) is 2. The first kappa shape index (κ1) is 15.2. The van der Waals surface area contributed by atoms with Crippen LogP contribution in [0.5, 0.6) is 0 Å². The Hall–Kier alpha value is -1.20. The van der Waals surface area contributed by atoms with Gasteiger partial charge in [-0.15, -0.1) is 0 Å². The number of hydrogen-bond acceptors (Lipinski definition) is 3. The summed E-state index contributed by atoms with van der Waals surface area (Å²) in [7, 11) is 0. The highest BCUT2D eigenvalue weighted by molar-refractivity contribution is 6.42. The van der Waals surface area contributed by atoms with Crippen LogP contribution in [-0.2, 0) is 0 Å². The summed E-state index contributed by atoms with van der Waals surface area (Å²) in [5.41, 5.74) is 6.24. The highest BCUT2D eigenvalue weighted by Gasteiger charge is 2.16. The molecular weight excluding hydrogens is 344 g/mol. The molecule has 0 aliphatic rings. The van der Waals surface area contributed by atoms with Crippen LogP contribution in [0, 0.1) is 0 Å². The van der Waals surface area contributed by atoms with Crippen molar-refractivity contribution < 1.29 is 4.79 Å². The summed E-state index contributed by atoms with van der Waals surface area (Å²) >= 11 is 23.6. The van der Waals surface area contributed by atoms with Crippen LogP contribution < -0.4 is 11.1 Å². The number of nitrogens with two attached hydrogens (primary N) is 1. The molecule has 0 radical (unpaired) electrons. The lowest BCUT2D eigenvalue weighted by molar-refractivity contribution is 0.102. The number of rotatable bonds is 2. The number of pyridine rings is 1. The van der Waals surface area contributed by atoms with Crippen molar-refractivity contribution in [2.45, 2.75) is 0 Å². The molecule has 0 unspecified atom stereocenters. The van der Waals surface area contributed by atoms with Gasteiger partial charge in [0.15, 0.2) is 0 Å². The van der Waals surface area contributed by atoms with E-state index in [0.29, 0.717) is 10.7 Å². The zero-order valence-corrected chi connectivity index (χ0v) is 12.8. The van der Waals surface area contributed by atoms with Crippen molar-refractivity contribution in [3.8, 4) is 0 Å². The number of aromatic nitrogens is 1. The van der Waals surface area contributed by atoms with Crippen molar-refractivity contribution in [3.05, 3.63) is 50.2 Å². The number of halogens is 4. The maximum atomic E-state index is 12.1. The minimum absolute atomic E-state index is 0.0258. The van der Waals surface area contributed by atoms with Gasteiger partial charge in [0.2, 0.25) is 0 Å². The Morgan fingerprint density at radius 1 is 1.10 bits per heavy atom. The van der Waals surface area contributed by atoms with Gasteiger partial charge in [0.1, 0.15) is 5.15 Å². The van der Waals surface area contributed by atoms with E-state index in [-0.39, 0.29) is 26.4 Å². The van der Waals surface area contributed by atoms with Gasteiger partial charge in [-0.3, -0.25) is 4.79 Å². The van der Waals surface area contributed by atoms with Crippen LogP contribution in [0.2, 0.25) is 20.2 Å². The summed E-state index contributed by atoms with van der Waals surface area (Å²) in [5, 5.41) is 3.36. The third-order valence-electron chi connectivity index (χ3n) is 2.35. The minimum Gasteiger partial charge on any atom is -0.397 e. The van der Waals surface area contributed by atoms with Crippen molar-refractivity contribution in [3.63, 3.8) is 0 Å². The van der Waals surface area contributed by atoms with Gasteiger partial charge >= 0.3 is 0 Å². The highest BCUT2D eigenvalue weighted by Crippen LogP contribution is 2.34. The van der Waals surface area contributed by atoms with Gasteiger partial charge in [-0.25, -0.2) is 4.98 Å². The van der Waals surface area contributed by atoms with Gasteiger partial charge in [-0.1, -0.05) is 46.4 Å². The molecule has 0 saturated carbocycles. The first-order valence-electron chi connectivity index (χ1n) is 5.25. The Bertz CT molecular complexity index is 667. The second kappa shape index (κ2) is 6.06. The van der Waals surface area contributed by atoms with Crippen LogP contribution in [0.4, 0.5) is 11.4 Å². The Kier molecular flexibility index (Phi) is 4.60. The van der Waals surface area contributed by atoms with E-state index in [9.17, 15) is 4.79 Å². The molecule has 0 bridgehead atoms. The molecule has 0 spiro atoms. The number of benzene rings is 1. The Labute approximate surface area is 134 Å². The van der Waals surface area contributed by atoms with E-state index in [4.69, 9.17) is 52.1 Å². The molecule has 2 rings (SSSR count). The quantitative estimate of drug-likeness (QED) is 0.782. The fourth-order valence-corrected chi connectivity index (χ4v) is 2.57. The third kappa shape index (κ3) is 3.27. The predicted molar refractivity (Wildman–Crippen MR) is 83.1 cm³/mol. The molecule has 0 atom stereocenters. The van der Waals surface area contributed by atoms with E-state index in [0.717, 1.165) is 0 Å². The Balaban J connectivity index is 2.35. The van der Waals surface area contributed by atoms with Gasteiger partial charge in [0, 0.05) is 5.02 Å². The molecule has 20 heavy (non-hydrogen) atoms. The molecule has 1 aromatic heterocycles. The molecule has 4 nitrogen and oxygen atoms in total. The standard InChI is InChI=1S/C12H7Cl4N3O/c13-5-1-8(14)10(9(15)2-5)19-12(20)7-3-6(17)4-18-11(7)16/h1-4H,17H2,(H,19,20). The summed E-state index contributed by atoms with van der Waals surface area (Å²) in [6.07, 6.45) is 1.35. The molecule has 3 N–H and O–H groups in total. The predicted octanol–water partition coefficient (Wildman–Crippen LogP) is 4.53. The summed E-state index contributed by atoms with van der Waals surface area (Å²) in [6, 6.07) is 4.33. The summed E-state index contributed by atoms with van der Waals surface area (Å²) in [4.78, 5) is 15.9. The monoisotopic (exact) mass is 349 g/mol. The number of amides is 1. The highest BCUT2D eigenvalue weighted by atomic mass is 35.5. The van der Waals surface area contributed by atoms with Gasteiger partial charge in [0.25, 0.3) is 5.91 Å². The van der Waals surface area contributed by atoms with E-state index in [1.54, 1.807) is 0 Å². The van der Waals surface area contributed by atoms with Crippen molar-refractivity contribution in [2.24, 2.45) is 0 Å². The van der Waals surface area contributed by atoms with Crippen LogP contribution in [-0.4, -0.2) is 10.9 Å². The number of carbonyl (C=O) groups excluding carboxylic acids is 1. The van der Waals surface area contributed by atoms with Crippen molar-refractivity contribution in [2.75, 3.05) is 11.1 Å². The molecule has 0 saturated heterocycles. The fourth-order valence-electron chi connectivity index (χ4n) is 1.47. The second-order valence-corrected chi connectivity index (χ2v) is 5.41. The largest absolute Gasteiger partial charge is 0.397 e. The second-order valence-electron chi connectivity index (χ2n) is 3.81. The molecular formula is C12H7Cl4N3O. The maximum absolute atomic E-state index is 12.1. The molecule has 1 aromatic carbocycles. The third-order valence-corrected chi connectivity index (χ3v) is 3.47. The number of anilines is 2. The molecule has 0 aliphatic carbocycles. The number of nitrogens with one attached hydrogen (secondary N) is 1. The Morgan fingerprint density at radius 2 is 1.70 bits per heavy atom. The van der Waals surface area contributed by atoms with Crippen LogP contribution in [0.15, 0.2) is 24.4 Å². The van der Waals surface area contributed by atoms with Crippen LogP contribution in [0.25, 0.3) is 0 Å². The average Bonchev–Trinajstić information content (AvgIpc) is 2.36. The summed E-state index contributed by atoms with van der Waals surface area (Å²) in [5.74, 6) is -0.527. The van der Waals surface area contributed by atoms with Crippen molar-refractivity contribution in [1.29, 1.82) is 0 Å². The number of nitrogen functional groups attached to an aromatic ring is 1. The van der Waals surface area contributed by atoms with Gasteiger partial charge in [-0.2, -0.15) is 0 Å². The van der Waals surface area contributed by atoms with E-state index in [1.165, 1.54) is 24.4 Å². The molecule has 2 aromatic rings. The SMILES string of the molecule is Nc1cnc(Cl)c(C(=O)Nc2c(Cl)cc(Cl)cc2Cl)c1. The normalized spacial score (nSPS) is 10.4.